The van der Waals surface area contributed by atoms with Crippen molar-refractivity contribution in [3.63, 3.8) is 0 Å². The van der Waals surface area contributed by atoms with E-state index in [0.29, 0.717) is 29.8 Å². The first-order valence-electron chi connectivity index (χ1n) is 11.1. The minimum atomic E-state index is -0.325. The van der Waals surface area contributed by atoms with Gasteiger partial charge in [0.05, 0.1) is 22.2 Å². The third-order valence-corrected chi connectivity index (χ3v) is 6.51. The summed E-state index contributed by atoms with van der Waals surface area (Å²) in [6.45, 7) is 6.93. The molecule has 0 aliphatic carbocycles. The Hall–Kier alpha value is -3.48. The number of benzene rings is 2. The lowest BCUT2D eigenvalue weighted by molar-refractivity contribution is 0.0608. The van der Waals surface area contributed by atoms with Crippen LogP contribution in [0.5, 0.6) is 0 Å². The Morgan fingerprint density at radius 2 is 1.75 bits per heavy atom. The molecule has 1 aromatic heterocycles. The highest BCUT2D eigenvalue weighted by molar-refractivity contribution is 6.22. The summed E-state index contributed by atoms with van der Waals surface area (Å²) in [5, 5.41) is 0. The molecule has 0 bridgehead atoms. The second kappa shape index (κ2) is 7.58. The van der Waals surface area contributed by atoms with Crippen molar-refractivity contribution in [2.45, 2.75) is 45.6 Å². The van der Waals surface area contributed by atoms with Gasteiger partial charge in [0.25, 0.3) is 17.7 Å². The standard InChI is InChI=1S/C25H26N4O3/c1-14(2)29-24(31)18-6-5-17(13-19(18)25(29)32)23(30)28-10-8-16(9-11-28)22-26-20-7-4-15(3)12-21(20)27-22/h4-7,12-14,16H,8-11H2,1-3H3,(H,26,27). The maximum atomic E-state index is 13.1. The van der Waals surface area contributed by atoms with Crippen molar-refractivity contribution in [2.75, 3.05) is 13.1 Å². The Morgan fingerprint density at radius 3 is 2.47 bits per heavy atom. The minimum absolute atomic E-state index is 0.102. The van der Waals surface area contributed by atoms with Crippen LogP contribution in [0.2, 0.25) is 0 Å². The SMILES string of the molecule is Cc1ccc2nc(C3CCN(C(=O)c4ccc5c(c4)C(=O)N(C(C)C)C5=O)CC3)[nH]c2c1. The molecule has 1 saturated heterocycles. The number of nitrogens with one attached hydrogen (secondary N) is 1. The molecule has 0 spiro atoms. The Balaban J connectivity index is 1.30. The van der Waals surface area contributed by atoms with Gasteiger partial charge in [0, 0.05) is 30.6 Å². The zero-order valence-corrected chi connectivity index (χ0v) is 18.5. The van der Waals surface area contributed by atoms with Crippen molar-refractivity contribution in [3.8, 4) is 0 Å². The van der Waals surface area contributed by atoms with Crippen LogP contribution in [-0.4, -0.2) is 56.6 Å². The third-order valence-electron chi connectivity index (χ3n) is 6.51. The number of carbonyl (C=O) groups is 3. The molecule has 32 heavy (non-hydrogen) atoms. The first-order chi connectivity index (χ1) is 15.3. The van der Waals surface area contributed by atoms with Crippen LogP contribution in [0, 0.1) is 6.92 Å². The summed E-state index contributed by atoms with van der Waals surface area (Å²) in [6, 6.07) is 10.8. The molecule has 3 aromatic rings. The van der Waals surface area contributed by atoms with Gasteiger partial charge >= 0.3 is 0 Å². The van der Waals surface area contributed by atoms with Gasteiger partial charge in [-0.15, -0.1) is 0 Å². The number of hydrogen-bond donors (Lipinski definition) is 1. The van der Waals surface area contributed by atoms with E-state index in [1.165, 1.54) is 10.5 Å². The number of piperidine rings is 1. The summed E-state index contributed by atoms with van der Waals surface area (Å²) in [4.78, 5) is 49.5. The first-order valence-corrected chi connectivity index (χ1v) is 11.1. The molecule has 2 aliphatic rings. The molecular weight excluding hydrogens is 404 g/mol. The van der Waals surface area contributed by atoms with E-state index in [1.807, 2.05) is 11.0 Å². The molecule has 0 atom stereocenters. The van der Waals surface area contributed by atoms with Crippen LogP contribution in [0.4, 0.5) is 0 Å². The fourth-order valence-corrected chi connectivity index (χ4v) is 4.74. The number of nitrogens with zero attached hydrogens (tertiary/aromatic N) is 3. The quantitative estimate of drug-likeness (QED) is 0.639. The number of imide groups is 1. The average Bonchev–Trinajstić information content (AvgIpc) is 3.31. The molecule has 164 valence electrons. The zero-order chi connectivity index (χ0) is 22.6. The van der Waals surface area contributed by atoms with Crippen LogP contribution in [0.1, 0.15) is 75.1 Å². The van der Waals surface area contributed by atoms with Gasteiger partial charge < -0.3 is 9.88 Å². The van der Waals surface area contributed by atoms with Gasteiger partial charge in [-0.2, -0.15) is 0 Å². The predicted molar refractivity (Wildman–Crippen MR) is 121 cm³/mol. The number of imidazole rings is 1. The van der Waals surface area contributed by atoms with E-state index >= 15 is 0 Å². The summed E-state index contributed by atoms with van der Waals surface area (Å²) in [5.74, 6) is 0.544. The molecule has 3 amide bonds. The highest BCUT2D eigenvalue weighted by atomic mass is 16.2. The predicted octanol–water partition coefficient (Wildman–Crippen LogP) is 3.90. The van der Waals surface area contributed by atoms with Crippen LogP contribution >= 0.6 is 0 Å². The zero-order valence-electron chi connectivity index (χ0n) is 18.5. The van der Waals surface area contributed by atoms with E-state index in [9.17, 15) is 14.4 Å². The van der Waals surface area contributed by atoms with E-state index in [4.69, 9.17) is 4.98 Å². The number of rotatable bonds is 3. The molecule has 3 heterocycles. The van der Waals surface area contributed by atoms with Gasteiger partial charge in [0.15, 0.2) is 0 Å². The van der Waals surface area contributed by atoms with Crippen molar-refractivity contribution in [3.05, 3.63) is 64.5 Å². The number of fused-ring (bicyclic) bond motifs is 2. The molecule has 1 N–H and O–H groups in total. The lowest BCUT2D eigenvalue weighted by atomic mass is 9.95. The molecule has 0 radical (unpaired) electrons. The first kappa shape index (κ1) is 20.4. The third kappa shape index (κ3) is 3.28. The van der Waals surface area contributed by atoms with Crippen LogP contribution in [0.3, 0.4) is 0 Å². The second-order valence-electron chi connectivity index (χ2n) is 9.04. The number of carbonyl (C=O) groups excluding carboxylic acids is 3. The summed E-state index contributed by atoms with van der Waals surface area (Å²) < 4.78 is 0. The van der Waals surface area contributed by atoms with Crippen molar-refractivity contribution in [1.82, 2.24) is 19.8 Å². The lowest BCUT2D eigenvalue weighted by Crippen LogP contribution is -2.38. The smallest absolute Gasteiger partial charge is 0.261 e. The second-order valence-corrected chi connectivity index (χ2v) is 9.04. The van der Waals surface area contributed by atoms with Gasteiger partial charge in [-0.3, -0.25) is 19.3 Å². The maximum Gasteiger partial charge on any atom is 0.261 e. The molecule has 7 heteroatoms. The van der Waals surface area contributed by atoms with Gasteiger partial charge in [-0.1, -0.05) is 6.07 Å². The van der Waals surface area contributed by atoms with E-state index in [0.717, 1.165) is 29.7 Å². The van der Waals surface area contributed by atoms with Crippen LogP contribution in [-0.2, 0) is 0 Å². The monoisotopic (exact) mass is 430 g/mol. The fourth-order valence-electron chi connectivity index (χ4n) is 4.74. The van der Waals surface area contributed by atoms with Gasteiger partial charge in [0.1, 0.15) is 5.82 Å². The summed E-state index contributed by atoms with van der Waals surface area (Å²) in [7, 11) is 0. The largest absolute Gasteiger partial charge is 0.342 e. The van der Waals surface area contributed by atoms with Crippen LogP contribution in [0.15, 0.2) is 36.4 Å². The number of H-pyrrole nitrogens is 1. The van der Waals surface area contributed by atoms with Gasteiger partial charge in [-0.25, -0.2) is 4.98 Å². The highest BCUT2D eigenvalue weighted by Gasteiger charge is 2.38. The van der Waals surface area contributed by atoms with Crippen LogP contribution < -0.4 is 0 Å². The van der Waals surface area contributed by atoms with Crippen molar-refractivity contribution in [2.24, 2.45) is 0 Å². The van der Waals surface area contributed by atoms with Crippen LogP contribution in [0.25, 0.3) is 11.0 Å². The number of aromatic amines is 1. The molecule has 1 fully saturated rings. The van der Waals surface area contributed by atoms with E-state index in [-0.39, 0.29) is 29.7 Å². The number of aromatic nitrogens is 2. The van der Waals surface area contributed by atoms with Gasteiger partial charge in [0.2, 0.25) is 0 Å². The lowest BCUT2D eigenvalue weighted by Gasteiger charge is -2.31. The Morgan fingerprint density at radius 1 is 1.03 bits per heavy atom. The Labute approximate surface area is 186 Å². The number of hydrogen-bond acceptors (Lipinski definition) is 4. The topological polar surface area (TPSA) is 86.4 Å². The molecule has 7 nitrogen and oxygen atoms in total. The highest BCUT2D eigenvalue weighted by Crippen LogP contribution is 2.30. The maximum absolute atomic E-state index is 13.1. The summed E-state index contributed by atoms with van der Waals surface area (Å²) >= 11 is 0. The number of amides is 3. The molecule has 2 aromatic carbocycles. The summed E-state index contributed by atoms with van der Waals surface area (Å²) in [5.41, 5.74) is 4.36. The molecule has 0 unspecified atom stereocenters. The number of likely N-dealkylation sites (tertiary alicyclic amines) is 1. The minimum Gasteiger partial charge on any atom is -0.342 e. The molecule has 0 saturated carbocycles. The molecule has 5 rings (SSSR count). The molecule has 2 aliphatic heterocycles. The van der Waals surface area contributed by atoms with Crippen molar-refractivity contribution in [1.29, 1.82) is 0 Å². The fraction of sp³-hybridized carbons (Fsp3) is 0.360. The van der Waals surface area contributed by atoms with E-state index in [2.05, 4.69) is 24.0 Å². The van der Waals surface area contributed by atoms with E-state index in [1.54, 1.807) is 32.0 Å². The van der Waals surface area contributed by atoms with E-state index < -0.39 is 0 Å². The van der Waals surface area contributed by atoms with Gasteiger partial charge in [-0.05, 0) is 69.5 Å². The summed E-state index contributed by atoms with van der Waals surface area (Å²) in [6.07, 6.45) is 1.65. The number of aryl methyl sites for hydroxylation is 1. The van der Waals surface area contributed by atoms with Crippen molar-refractivity contribution < 1.29 is 14.4 Å². The Kier molecular flexibility index (Phi) is 4.84. The molecular formula is C25H26N4O3. The Bertz CT molecular complexity index is 1250. The van der Waals surface area contributed by atoms with Crippen molar-refractivity contribution >= 4 is 28.8 Å². The average molecular weight is 431 g/mol. The normalized spacial score (nSPS) is 17.0.